The van der Waals surface area contributed by atoms with Crippen molar-refractivity contribution >= 4 is 46.6 Å². The maximum absolute atomic E-state index is 14.0. The van der Waals surface area contributed by atoms with Crippen LogP contribution in [0.3, 0.4) is 0 Å². The van der Waals surface area contributed by atoms with E-state index in [4.69, 9.17) is 0 Å². The topological polar surface area (TPSA) is 189 Å². The minimum atomic E-state index is -1.58. The average Bonchev–Trinajstić information content (AvgIpc) is 3.90. The molecule has 0 saturated carbocycles. The molecule has 6 amide bonds. The number of nitrogens with zero attached hydrogens (tertiary/aromatic N) is 4. The van der Waals surface area contributed by atoms with Gasteiger partial charge in [0.2, 0.25) is 11.8 Å². The molecule has 4 rings (SSSR count). The quantitative estimate of drug-likeness (QED) is 0.0826. The predicted octanol–water partition coefficient (Wildman–Crippen LogP) is 3.81. The Balaban J connectivity index is 1.56. The Hall–Kier alpha value is -4.90. The summed E-state index contributed by atoms with van der Waals surface area (Å²) in [6.45, 7) is 7.71. The Bertz CT molecular complexity index is 1670. The highest BCUT2D eigenvalue weighted by atomic mass is 32.1. The molecule has 0 aliphatic heterocycles. The van der Waals surface area contributed by atoms with Crippen molar-refractivity contribution in [3.8, 4) is 0 Å². The van der Waals surface area contributed by atoms with Crippen molar-refractivity contribution in [3.63, 3.8) is 0 Å². The van der Waals surface area contributed by atoms with Gasteiger partial charge in [-0.3, -0.25) is 9.59 Å². The molecule has 0 spiro atoms. The van der Waals surface area contributed by atoms with E-state index in [-0.39, 0.29) is 37.8 Å². The van der Waals surface area contributed by atoms with Gasteiger partial charge in [-0.15, -0.1) is 22.7 Å². The maximum Gasteiger partial charge on any atom is 0.318 e. The third-order valence-corrected chi connectivity index (χ3v) is 10.6. The molecule has 302 valence electrons. The summed E-state index contributed by atoms with van der Waals surface area (Å²) in [6, 6.07) is 13.4. The van der Waals surface area contributed by atoms with E-state index in [9.17, 15) is 29.4 Å². The lowest BCUT2D eigenvalue weighted by Crippen LogP contribution is -2.62. The summed E-state index contributed by atoms with van der Waals surface area (Å²) in [6.07, 6.45) is -2.90. The number of hydrogen-bond donors (Lipinski definition) is 6. The van der Waals surface area contributed by atoms with Gasteiger partial charge >= 0.3 is 12.1 Å². The smallest absolute Gasteiger partial charge is 0.318 e. The number of rotatable bonds is 19. The van der Waals surface area contributed by atoms with Crippen LogP contribution in [-0.4, -0.2) is 104 Å². The Morgan fingerprint density at radius 2 is 0.964 bits per heavy atom. The lowest BCUT2D eigenvalue weighted by molar-refractivity contribution is -0.129. The third kappa shape index (κ3) is 13.1. The van der Waals surface area contributed by atoms with E-state index in [1.165, 1.54) is 32.5 Å². The number of thiazole rings is 2. The normalized spacial score (nSPS) is 14.5. The first-order chi connectivity index (χ1) is 26.7. The van der Waals surface area contributed by atoms with Crippen LogP contribution in [0.25, 0.3) is 0 Å². The number of amides is 6. The van der Waals surface area contributed by atoms with Crippen LogP contribution in [0.1, 0.15) is 50.2 Å². The number of carbonyl (C=O) groups is 4. The van der Waals surface area contributed by atoms with Gasteiger partial charge in [0.15, 0.2) is 0 Å². The molecule has 2 aromatic heterocycles. The molecule has 0 fully saturated rings. The number of aliphatic hydroxyl groups excluding tert-OH is 2. The molecule has 14 nitrogen and oxygen atoms in total. The molecule has 2 aromatic carbocycles. The summed E-state index contributed by atoms with van der Waals surface area (Å²) in [5.74, 6) is -1.76. The van der Waals surface area contributed by atoms with Crippen LogP contribution in [0, 0.1) is 11.8 Å². The number of benzene rings is 2. The zero-order valence-corrected chi connectivity index (χ0v) is 34.3. The van der Waals surface area contributed by atoms with Crippen LogP contribution in [0.2, 0.25) is 0 Å². The molecule has 2 heterocycles. The molecule has 0 saturated heterocycles. The molecule has 6 atom stereocenters. The van der Waals surface area contributed by atoms with E-state index in [2.05, 4.69) is 31.2 Å². The molecule has 0 unspecified atom stereocenters. The molecular weight excluding hydrogens is 753 g/mol. The van der Waals surface area contributed by atoms with Crippen LogP contribution in [0.4, 0.5) is 9.59 Å². The summed E-state index contributed by atoms with van der Waals surface area (Å²) >= 11 is 2.84. The first-order valence-electron chi connectivity index (χ1n) is 18.6. The van der Waals surface area contributed by atoms with E-state index < -0.39 is 60.3 Å². The van der Waals surface area contributed by atoms with Crippen molar-refractivity contribution in [2.75, 3.05) is 14.1 Å². The fraction of sp³-hybridized carbons (Fsp3) is 0.450. The fourth-order valence-corrected chi connectivity index (χ4v) is 7.19. The number of hydrogen-bond acceptors (Lipinski definition) is 10. The summed E-state index contributed by atoms with van der Waals surface area (Å²) < 4.78 is 0. The second-order valence-electron chi connectivity index (χ2n) is 14.6. The van der Waals surface area contributed by atoms with E-state index >= 15 is 0 Å². The first-order valence-corrected chi connectivity index (χ1v) is 20.4. The fourth-order valence-electron chi connectivity index (χ4n) is 6.09. The molecule has 0 aliphatic rings. The lowest BCUT2D eigenvalue weighted by Gasteiger charge is -2.35. The molecular formula is C40H54N8O6S2. The number of urea groups is 2. The van der Waals surface area contributed by atoms with Crippen LogP contribution < -0.4 is 21.3 Å². The Labute approximate surface area is 336 Å². The number of aliphatic hydroxyl groups is 2. The summed E-state index contributed by atoms with van der Waals surface area (Å²) in [7, 11) is 3.22. The van der Waals surface area contributed by atoms with Gasteiger partial charge in [-0.05, 0) is 35.8 Å². The van der Waals surface area contributed by atoms with Gasteiger partial charge in [-0.2, -0.15) is 0 Å². The predicted molar refractivity (Wildman–Crippen MR) is 218 cm³/mol. The molecule has 4 aromatic rings. The van der Waals surface area contributed by atoms with E-state index in [0.29, 0.717) is 0 Å². The van der Waals surface area contributed by atoms with Gasteiger partial charge in [0, 0.05) is 24.9 Å². The minimum absolute atomic E-state index is 0.134. The van der Waals surface area contributed by atoms with E-state index in [0.717, 1.165) is 22.5 Å². The highest BCUT2D eigenvalue weighted by Crippen LogP contribution is 2.17. The van der Waals surface area contributed by atoms with E-state index in [1.807, 2.05) is 71.4 Å². The molecule has 0 radical (unpaired) electrons. The minimum Gasteiger partial charge on any atom is -0.388 e. The van der Waals surface area contributed by atoms with Crippen LogP contribution in [0.15, 0.2) is 82.4 Å². The summed E-state index contributed by atoms with van der Waals surface area (Å²) in [4.78, 5) is 65.7. The number of aromatic nitrogens is 2. The zero-order valence-electron chi connectivity index (χ0n) is 32.7. The van der Waals surface area contributed by atoms with Crippen molar-refractivity contribution in [2.24, 2.45) is 11.8 Å². The van der Waals surface area contributed by atoms with Crippen molar-refractivity contribution in [2.45, 2.75) is 90.0 Å². The Morgan fingerprint density at radius 3 is 1.27 bits per heavy atom. The van der Waals surface area contributed by atoms with E-state index in [1.54, 1.807) is 52.8 Å². The SMILES string of the molecule is CC(C)[C@H](NC(=O)N(C)Cc1cscn1)C(=O)N[C@@H](Cc1ccccc1)[C@@H](O)[C@@H](O)[C@H](Cc1ccccc1)NC(=O)[C@H](NC(=O)N(C)Cc1cscn1)C(C)C. The van der Waals surface area contributed by atoms with Crippen molar-refractivity contribution in [3.05, 3.63) is 105 Å². The highest BCUT2D eigenvalue weighted by molar-refractivity contribution is 7.07. The van der Waals surface area contributed by atoms with Gasteiger partial charge in [0.05, 0.1) is 47.6 Å². The summed E-state index contributed by atoms with van der Waals surface area (Å²) in [5, 5.41) is 39.1. The van der Waals surface area contributed by atoms with Gasteiger partial charge in [0.1, 0.15) is 24.3 Å². The van der Waals surface area contributed by atoms with Crippen LogP contribution in [-0.2, 0) is 35.5 Å². The first kappa shape index (κ1) is 43.8. The molecule has 16 heteroatoms. The Kier molecular flexibility index (Phi) is 16.8. The maximum atomic E-state index is 14.0. The Morgan fingerprint density at radius 1 is 0.607 bits per heavy atom. The number of carbonyl (C=O) groups excluding carboxylic acids is 4. The van der Waals surface area contributed by atoms with Crippen LogP contribution in [0.5, 0.6) is 0 Å². The molecule has 56 heavy (non-hydrogen) atoms. The highest BCUT2D eigenvalue weighted by Gasteiger charge is 2.38. The lowest BCUT2D eigenvalue weighted by atomic mass is 9.90. The zero-order chi connectivity index (χ0) is 40.8. The standard InChI is InChI=1S/C40H54N8O6S2/c1-25(2)33(45-39(53)47(5)19-29-21-55-23-41-29)37(51)43-31(17-27-13-9-7-10-14-27)35(49)36(50)32(18-28-15-11-8-12-16-28)44-38(52)34(26(3)4)46-40(54)48(6)20-30-22-56-24-42-30/h7-16,21-26,31-36,49-50H,17-20H2,1-6H3,(H,43,51)(H,44,52)(H,45,53)(H,46,54)/t31-,32-,33-,34+,35+,36-/m0/s1. The molecule has 0 bridgehead atoms. The van der Waals surface area contributed by atoms with Gasteiger partial charge < -0.3 is 41.3 Å². The van der Waals surface area contributed by atoms with Crippen LogP contribution >= 0.6 is 22.7 Å². The molecule has 6 N–H and O–H groups in total. The van der Waals surface area contributed by atoms with Gasteiger partial charge in [-0.1, -0.05) is 88.4 Å². The van der Waals surface area contributed by atoms with Crippen molar-refractivity contribution < 1.29 is 29.4 Å². The largest absolute Gasteiger partial charge is 0.388 e. The second-order valence-corrected chi connectivity index (χ2v) is 16.0. The third-order valence-electron chi connectivity index (χ3n) is 9.34. The monoisotopic (exact) mass is 806 g/mol. The van der Waals surface area contributed by atoms with Gasteiger partial charge in [-0.25, -0.2) is 19.6 Å². The average molecular weight is 807 g/mol. The van der Waals surface area contributed by atoms with Crippen molar-refractivity contribution in [1.82, 2.24) is 41.0 Å². The number of nitrogens with one attached hydrogen (secondary N) is 4. The second kappa shape index (κ2) is 21.4. The summed E-state index contributed by atoms with van der Waals surface area (Å²) in [5.41, 5.74) is 6.36. The van der Waals surface area contributed by atoms with Gasteiger partial charge in [0.25, 0.3) is 0 Å². The molecule has 0 aliphatic carbocycles. The van der Waals surface area contributed by atoms with Crippen molar-refractivity contribution in [1.29, 1.82) is 0 Å².